The predicted molar refractivity (Wildman–Crippen MR) is 79.4 cm³/mol. The lowest BCUT2D eigenvalue weighted by atomic mass is 10.2. The number of carbonyl (C=O) groups is 1. The molecule has 106 valence electrons. The fourth-order valence-electron chi connectivity index (χ4n) is 2.42. The summed E-state index contributed by atoms with van der Waals surface area (Å²) in [4.78, 5) is 11.4. The van der Waals surface area contributed by atoms with Crippen molar-refractivity contribution < 1.29 is 14.3 Å². The molecule has 0 atom stereocenters. The van der Waals surface area contributed by atoms with E-state index >= 15 is 0 Å². The van der Waals surface area contributed by atoms with Gasteiger partial charge in [-0.15, -0.1) is 0 Å². The Morgan fingerprint density at radius 1 is 1.19 bits per heavy atom. The fourth-order valence-corrected chi connectivity index (χ4v) is 2.75. The molecule has 0 saturated heterocycles. The van der Waals surface area contributed by atoms with Gasteiger partial charge in [0.25, 0.3) is 0 Å². The molecule has 1 heterocycles. The lowest BCUT2D eigenvalue weighted by Crippen LogP contribution is -2.01. The summed E-state index contributed by atoms with van der Waals surface area (Å²) in [6, 6.07) is 13.6. The van der Waals surface area contributed by atoms with Crippen molar-refractivity contribution in [3.8, 4) is 0 Å². The summed E-state index contributed by atoms with van der Waals surface area (Å²) in [6.07, 6.45) is 0. The van der Waals surface area contributed by atoms with Gasteiger partial charge < -0.3 is 9.67 Å². The van der Waals surface area contributed by atoms with E-state index in [2.05, 4.69) is 0 Å². The summed E-state index contributed by atoms with van der Waals surface area (Å²) in [5.74, 6) is -1.65. The molecule has 0 spiro atoms. The highest BCUT2D eigenvalue weighted by Gasteiger charge is 2.21. The molecule has 0 aliphatic rings. The first-order valence-electron chi connectivity index (χ1n) is 6.32. The number of fused-ring (bicyclic) bond motifs is 1. The number of nitrogens with zero attached hydrogens (tertiary/aromatic N) is 1. The van der Waals surface area contributed by atoms with Gasteiger partial charge in [-0.3, -0.25) is 0 Å². The largest absolute Gasteiger partial charge is 0.478 e. The van der Waals surface area contributed by atoms with Gasteiger partial charge in [-0.1, -0.05) is 41.9 Å². The number of hydrogen-bond acceptors (Lipinski definition) is 1. The molecule has 0 bridgehead atoms. The first-order chi connectivity index (χ1) is 10.1. The summed E-state index contributed by atoms with van der Waals surface area (Å²) < 4.78 is 15.1. The van der Waals surface area contributed by atoms with Gasteiger partial charge in [0, 0.05) is 11.9 Å². The van der Waals surface area contributed by atoms with Crippen molar-refractivity contribution in [3.63, 3.8) is 0 Å². The van der Waals surface area contributed by atoms with E-state index in [1.165, 1.54) is 12.1 Å². The SMILES string of the molecule is O=C(O)c1c(Cl)n(Cc2ccccc2)c2ccc(F)cc12. The van der Waals surface area contributed by atoms with E-state index in [0.29, 0.717) is 17.4 Å². The van der Waals surface area contributed by atoms with E-state index in [0.717, 1.165) is 5.56 Å². The zero-order valence-electron chi connectivity index (χ0n) is 10.9. The molecule has 1 aromatic heterocycles. The molecule has 0 radical (unpaired) electrons. The van der Waals surface area contributed by atoms with Crippen LogP contribution in [0.15, 0.2) is 48.5 Å². The zero-order chi connectivity index (χ0) is 15.0. The molecule has 0 aliphatic heterocycles. The topological polar surface area (TPSA) is 42.2 Å². The van der Waals surface area contributed by atoms with Gasteiger partial charge in [0.05, 0.1) is 5.52 Å². The molecule has 0 aliphatic carbocycles. The third kappa shape index (κ3) is 2.38. The number of carboxylic acids is 1. The minimum Gasteiger partial charge on any atom is -0.478 e. The summed E-state index contributed by atoms with van der Waals surface area (Å²) >= 11 is 6.21. The van der Waals surface area contributed by atoms with E-state index in [-0.39, 0.29) is 10.7 Å². The van der Waals surface area contributed by atoms with E-state index in [4.69, 9.17) is 11.6 Å². The monoisotopic (exact) mass is 303 g/mol. The van der Waals surface area contributed by atoms with Gasteiger partial charge in [0.15, 0.2) is 0 Å². The number of carboxylic acid groups (broad SMARTS) is 1. The number of hydrogen-bond donors (Lipinski definition) is 1. The number of halogens is 2. The van der Waals surface area contributed by atoms with Crippen LogP contribution in [-0.4, -0.2) is 15.6 Å². The molecule has 5 heteroatoms. The minimum atomic E-state index is -1.16. The molecule has 0 unspecified atom stereocenters. The van der Waals surface area contributed by atoms with E-state index in [1.807, 2.05) is 30.3 Å². The summed E-state index contributed by atoms with van der Waals surface area (Å²) in [5.41, 5.74) is 1.52. The van der Waals surface area contributed by atoms with Crippen LogP contribution >= 0.6 is 11.6 Å². The van der Waals surface area contributed by atoms with Crippen LogP contribution in [0, 0.1) is 5.82 Å². The van der Waals surface area contributed by atoms with Gasteiger partial charge >= 0.3 is 5.97 Å². The Kier molecular flexibility index (Phi) is 3.39. The standard InChI is InChI=1S/C16H11ClFNO2/c17-15-14(16(20)21)12-8-11(18)6-7-13(12)19(15)9-10-4-2-1-3-5-10/h1-8H,9H2,(H,20,21). The van der Waals surface area contributed by atoms with Crippen molar-refractivity contribution in [2.24, 2.45) is 0 Å². The lowest BCUT2D eigenvalue weighted by Gasteiger charge is -2.07. The second kappa shape index (κ2) is 5.22. The van der Waals surface area contributed by atoms with Gasteiger partial charge in [0.2, 0.25) is 0 Å². The molecule has 3 aromatic rings. The fraction of sp³-hybridized carbons (Fsp3) is 0.0625. The maximum Gasteiger partial charge on any atom is 0.339 e. The quantitative estimate of drug-likeness (QED) is 0.788. The molecular weight excluding hydrogens is 293 g/mol. The van der Waals surface area contributed by atoms with Crippen molar-refractivity contribution >= 4 is 28.5 Å². The Bertz CT molecular complexity index is 827. The molecule has 2 aromatic carbocycles. The molecule has 3 rings (SSSR count). The Labute approximate surface area is 125 Å². The maximum absolute atomic E-state index is 13.4. The number of aromatic carboxylic acids is 1. The second-order valence-electron chi connectivity index (χ2n) is 4.70. The van der Waals surface area contributed by atoms with Crippen LogP contribution < -0.4 is 0 Å². The highest BCUT2D eigenvalue weighted by atomic mass is 35.5. The Hall–Kier alpha value is -2.33. The summed E-state index contributed by atoms with van der Waals surface area (Å²) in [7, 11) is 0. The number of benzene rings is 2. The Morgan fingerprint density at radius 2 is 1.90 bits per heavy atom. The smallest absolute Gasteiger partial charge is 0.339 e. The minimum absolute atomic E-state index is 0.0675. The van der Waals surface area contributed by atoms with Crippen LogP contribution in [0.1, 0.15) is 15.9 Å². The van der Waals surface area contributed by atoms with Crippen LogP contribution in [0.5, 0.6) is 0 Å². The highest BCUT2D eigenvalue weighted by Crippen LogP contribution is 2.31. The average Bonchev–Trinajstić information content (AvgIpc) is 2.72. The third-order valence-electron chi connectivity index (χ3n) is 3.36. The van der Waals surface area contributed by atoms with Crippen LogP contribution in [0.25, 0.3) is 10.9 Å². The second-order valence-corrected chi connectivity index (χ2v) is 5.06. The van der Waals surface area contributed by atoms with Crippen LogP contribution in [0.3, 0.4) is 0 Å². The van der Waals surface area contributed by atoms with Crippen molar-refractivity contribution in [1.82, 2.24) is 4.57 Å². The molecule has 1 N–H and O–H groups in total. The third-order valence-corrected chi connectivity index (χ3v) is 3.75. The predicted octanol–water partition coefficient (Wildman–Crippen LogP) is 4.18. The van der Waals surface area contributed by atoms with Crippen molar-refractivity contribution in [1.29, 1.82) is 0 Å². The van der Waals surface area contributed by atoms with Crippen molar-refractivity contribution in [2.75, 3.05) is 0 Å². The van der Waals surface area contributed by atoms with Crippen LogP contribution in [0.2, 0.25) is 5.15 Å². The van der Waals surface area contributed by atoms with Gasteiger partial charge in [0.1, 0.15) is 16.5 Å². The maximum atomic E-state index is 13.4. The lowest BCUT2D eigenvalue weighted by molar-refractivity contribution is 0.0699. The Balaban J connectivity index is 2.23. The van der Waals surface area contributed by atoms with Crippen molar-refractivity contribution in [3.05, 3.63) is 70.6 Å². The normalized spacial score (nSPS) is 11.0. The average molecular weight is 304 g/mol. The molecule has 3 nitrogen and oxygen atoms in total. The molecule has 0 saturated carbocycles. The number of rotatable bonds is 3. The zero-order valence-corrected chi connectivity index (χ0v) is 11.6. The van der Waals surface area contributed by atoms with Crippen LogP contribution in [-0.2, 0) is 6.54 Å². The summed E-state index contributed by atoms with van der Waals surface area (Å²) in [5, 5.41) is 9.73. The van der Waals surface area contributed by atoms with E-state index < -0.39 is 11.8 Å². The molecular formula is C16H11ClFNO2. The molecule has 21 heavy (non-hydrogen) atoms. The van der Waals surface area contributed by atoms with E-state index in [9.17, 15) is 14.3 Å². The summed E-state index contributed by atoms with van der Waals surface area (Å²) in [6.45, 7) is 0.426. The van der Waals surface area contributed by atoms with Crippen molar-refractivity contribution in [2.45, 2.75) is 6.54 Å². The van der Waals surface area contributed by atoms with E-state index in [1.54, 1.807) is 10.6 Å². The first kappa shape index (κ1) is 13.6. The highest BCUT2D eigenvalue weighted by molar-refractivity contribution is 6.35. The van der Waals surface area contributed by atoms with Gasteiger partial charge in [-0.25, -0.2) is 9.18 Å². The number of aromatic nitrogens is 1. The van der Waals surface area contributed by atoms with Gasteiger partial charge in [-0.2, -0.15) is 0 Å². The van der Waals surface area contributed by atoms with Gasteiger partial charge in [-0.05, 0) is 23.8 Å². The first-order valence-corrected chi connectivity index (χ1v) is 6.70. The van der Waals surface area contributed by atoms with Crippen LogP contribution in [0.4, 0.5) is 4.39 Å². The Morgan fingerprint density at radius 3 is 2.57 bits per heavy atom. The molecule has 0 fully saturated rings. The molecule has 0 amide bonds.